The normalized spacial score (nSPS) is 13.5. The fraction of sp³-hybridized carbons (Fsp3) is 0.294. The molecule has 2 aromatic rings. The molecule has 1 aliphatic carbocycles. The van der Waals surface area contributed by atoms with Gasteiger partial charge in [-0.25, -0.2) is 4.98 Å². The Labute approximate surface area is 134 Å². The maximum atomic E-state index is 9.36. The molecule has 1 aromatic heterocycles. The van der Waals surface area contributed by atoms with E-state index in [2.05, 4.69) is 17.1 Å². The van der Waals surface area contributed by atoms with Gasteiger partial charge in [-0.15, -0.1) is 0 Å². The summed E-state index contributed by atoms with van der Waals surface area (Å²) in [6.07, 6.45) is 4.61. The minimum absolute atomic E-state index is 0.743. The molecule has 1 N–H and O–H groups in total. The van der Waals surface area contributed by atoms with Gasteiger partial charge in [0, 0.05) is 22.8 Å². The molecular weight excluding hydrogens is 300 g/mol. The van der Waals surface area contributed by atoms with Crippen LogP contribution in [0.5, 0.6) is 0 Å². The second kappa shape index (κ2) is 6.51. The largest absolute Gasteiger partial charge is 0.256 e. The summed E-state index contributed by atoms with van der Waals surface area (Å²) >= 11 is 7.84. The number of aromatic amines is 1. The molecule has 1 heterocycles. The van der Waals surface area contributed by atoms with Crippen molar-refractivity contribution >= 4 is 23.4 Å². The number of pyridine rings is 1. The number of hydrogen-bond donors (Lipinski definition) is 0. The SMILES string of the molecule is N#Cc1cc2c([nH+]c1SCc1ccccc1Cl)CCCC2. The molecule has 0 spiro atoms. The third-order valence-electron chi connectivity index (χ3n) is 3.79. The van der Waals surface area contributed by atoms with Gasteiger partial charge in [-0.3, -0.25) is 0 Å². The van der Waals surface area contributed by atoms with E-state index < -0.39 is 0 Å². The van der Waals surface area contributed by atoms with Crippen molar-refractivity contribution < 1.29 is 4.98 Å². The molecular formula is C17H16ClN2S+. The van der Waals surface area contributed by atoms with Gasteiger partial charge in [-0.2, -0.15) is 5.26 Å². The summed E-state index contributed by atoms with van der Waals surface area (Å²) in [6, 6.07) is 12.2. The first-order valence-corrected chi connectivity index (χ1v) is 8.48. The molecule has 1 aromatic carbocycles. The van der Waals surface area contributed by atoms with Crippen LogP contribution >= 0.6 is 23.4 Å². The van der Waals surface area contributed by atoms with Gasteiger partial charge in [0.2, 0.25) is 0 Å². The van der Waals surface area contributed by atoms with Crippen LogP contribution in [-0.4, -0.2) is 0 Å². The van der Waals surface area contributed by atoms with Crippen molar-refractivity contribution in [1.29, 1.82) is 5.26 Å². The number of thioether (sulfide) groups is 1. The number of benzene rings is 1. The summed E-state index contributed by atoms with van der Waals surface area (Å²) in [5, 5.41) is 11.1. The Hall–Kier alpha value is -1.50. The molecule has 0 bridgehead atoms. The first kappa shape index (κ1) is 14.4. The molecule has 106 valence electrons. The summed E-state index contributed by atoms with van der Waals surface area (Å²) < 4.78 is 0. The first-order chi connectivity index (χ1) is 10.3. The van der Waals surface area contributed by atoms with Gasteiger partial charge in [0.25, 0.3) is 5.03 Å². The van der Waals surface area contributed by atoms with Crippen LogP contribution in [0.15, 0.2) is 35.4 Å². The number of rotatable bonds is 3. The van der Waals surface area contributed by atoms with Gasteiger partial charge in [0.05, 0.1) is 0 Å². The molecule has 0 fully saturated rings. The smallest absolute Gasteiger partial charge is 0.202 e. The molecule has 0 aliphatic heterocycles. The van der Waals surface area contributed by atoms with Gasteiger partial charge >= 0.3 is 0 Å². The lowest BCUT2D eigenvalue weighted by molar-refractivity contribution is -0.439. The highest BCUT2D eigenvalue weighted by Crippen LogP contribution is 2.28. The van der Waals surface area contributed by atoms with E-state index in [9.17, 15) is 5.26 Å². The molecule has 0 amide bonds. The lowest BCUT2D eigenvalue weighted by atomic mass is 9.95. The summed E-state index contributed by atoms with van der Waals surface area (Å²) in [5.41, 5.74) is 4.44. The summed E-state index contributed by atoms with van der Waals surface area (Å²) in [6.45, 7) is 0. The molecule has 0 atom stereocenters. The number of nitriles is 1. The van der Waals surface area contributed by atoms with Crippen LogP contribution in [-0.2, 0) is 18.6 Å². The van der Waals surface area contributed by atoms with Gasteiger partial charge in [0.15, 0.2) is 5.69 Å². The number of halogens is 1. The number of nitrogens with one attached hydrogen (secondary N) is 1. The summed E-state index contributed by atoms with van der Waals surface area (Å²) in [4.78, 5) is 3.47. The number of fused-ring (bicyclic) bond motifs is 1. The third kappa shape index (κ3) is 3.23. The van der Waals surface area contributed by atoms with E-state index in [0.29, 0.717) is 0 Å². The van der Waals surface area contributed by atoms with Gasteiger partial charge in [-0.05, 0) is 37.0 Å². The third-order valence-corrected chi connectivity index (χ3v) is 5.22. The Morgan fingerprint density at radius 3 is 2.86 bits per heavy atom. The van der Waals surface area contributed by atoms with Crippen molar-refractivity contribution in [3.8, 4) is 6.07 Å². The fourth-order valence-electron chi connectivity index (χ4n) is 2.64. The van der Waals surface area contributed by atoms with Gasteiger partial charge in [-0.1, -0.05) is 41.6 Å². The average molecular weight is 316 g/mol. The highest BCUT2D eigenvalue weighted by atomic mass is 35.5. The van der Waals surface area contributed by atoms with E-state index in [4.69, 9.17) is 11.6 Å². The van der Waals surface area contributed by atoms with Crippen LogP contribution in [0.1, 0.15) is 35.2 Å². The van der Waals surface area contributed by atoms with E-state index in [1.165, 1.54) is 24.1 Å². The predicted octanol–water partition coefficient (Wildman–Crippen LogP) is 4.20. The second-order valence-electron chi connectivity index (χ2n) is 5.21. The quantitative estimate of drug-likeness (QED) is 0.796. The number of nitrogens with zero attached hydrogens (tertiary/aromatic N) is 1. The van der Waals surface area contributed by atoms with E-state index in [1.54, 1.807) is 11.8 Å². The highest BCUT2D eigenvalue weighted by molar-refractivity contribution is 7.98. The fourth-order valence-corrected chi connectivity index (χ4v) is 3.93. The van der Waals surface area contributed by atoms with E-state index in [0.717, 1.165) is 39.8 Å². The molecule has 2 nitrogen and oxygen atoms in total. The second-order valence-corrected chi connectivity index (χ2v) is 6.61. The van der Waals surface area contributed by atoms with Crippen molar-refractivity contribution in [3.63, 3.8) is 0 Å². The van der Waals surface area contributed by atoms with E-state index in [-0.39, 0.29) is 0 Å². The van der Waals surface area contributed by atoms with Crippen LogP contribution in [0.3, 0.4) is 0 Å². The molecule has 0 saturated heterocycles. The number of H-pyrrole nitrogens is 1. The number of aryl methyl sites for hydroxylation is 2. The number of hydrogen-bond acceptors (Lipinski definition) is 2. The van der Waals surface area contributed by atoms with Crippen molar-refractivity contribution in [2.45, 2.75) is 36.5 Å². The number of aromatic nitrogens is 1. The Kier molecular flexibility index (Phi) is 4.48. The van der Waals surface area contributed by atoms with Crippen LogP contribution in [0.25, 0.3) is 0 Å². The van der Waals surface area contributed by atoms with Crippen LogP contribution in [0.2, 0.25) is 5.02 Å². The zero-order valence-electron chi connectivity index (χ0n) is 11.7. The Balaban J connectivity index is 1.85. The minimum atomic E-state index is 0.743. The molecule has 0 unspecified atom stereocenters. The minimum Gasteiger partial charge on any atom is -0.202 e. The molecule has 4 heteroatoms. The summed E-state index contributed by atoms with van der Waals surface area (Å²) in [7, 11) is 0. The maximum absolute atomic E-state index is 9.36. The molecule has 0 saturated carbocycles. The Bertz CT molecular complexity index is 706. The highest BCUT2D eigenvalue weighted by Gasteiger charge is 2.21. The van der Waals surface area contributed by atoms with Crippen molar-refractivity contribution in [3.05, 3.63) is 57.7 Å². The van der Waals surface area contributed by atoms with E-state index in [1.807, 2.05) is 24.3 Å². The Morgan fingerprint density at radius 1 is 1.24 bits per heavy atom. The monoisotopic (exact) mass is 315 g/mol. The van der Waals surface area contributed by atoms with Crippen LogP contribution in [0.4, 0.5) is 0 Å². The van der Waals surface area contributed by atoms with Gasteiger partial charge in [0.1, 0.15) is 11.6 Å². The maximum Gasteiger partial charge on any atom is 0.256 e. The lowest BCUT2D eigenvalue weighted by Gasteiger charge is -2.11. The summed E-state index contributed by atoms with van der Waals surface area (Å²) in [5.74, 6) is 0.768. The zero-order chi connectivity index (χ0) is 14.7. The molecule has 0 radical (unpaired) electrons. The predicted molar refractivity (Wildman–Crippen MR) is 85.4 cm³/mol. The van der Waals surface area contributed by atoms with Crippen LogP contribution < -0.4 is 4.98 Å². The van der Waals surface area contributed by atoms with Crippen molar-refractivity contribution in [2.75, 3.05) is 0 Å². The van der Waals surface area contributed by atoms with Crippen LogP contribution in [0, 0.1) is 11.3 Å². The molecule has 3 rings (SSSR count). The van der Waals surface area contributed by atoms with Crippen molar-refractivity contribution in [1.82, 2.24) is 0 Å². The van der Waals surface area contributed by atoms with Gasteiger partial charge < -0.3 is 0 Å². The standard InChI is InChI=1S/C17H15ClN2S/c18-15-7-3-1-6-13(15)11-21-17-14(10-19)9-12-5-2-4-8-16(12)20-17/h1,3,6-7,9H,2,4-5,8,11H2/p+1. The van der Waals surface area contributed by atoms with Crippen molar-refractivity contribution in [2.24, 2.45) is 0 Å². The average Bonchev–Trinajstić information content (AvgIpc) is 2.53. The lowest BCUT2D eigenvalue weighted by Crippen LogP contribution is -2.21. The zero-order valence-corrected chi connectivity index (χ0v) is 13.2. The van der Waals surface area contributed by atoms with E-state index >= 15 is 0 Å². The molecule has 21 heavy (non-hydrogen) atoms. The topological polar surface area (TPSA) is 37.9 Å². The first-order valence-electron chi connectivity index (χ1n) is 7.12. The Morgan fingerprint density at radius 2 is 2.05 bits per heavy atom. The molecule has 1 aliphatic rings.